The fourth-order valence-electron chi connectivity index (χ4n) is 1.56. The molecular weight excluding hydrogens is 228 g/mol. The lowest BCUT2D eigenvalue weighted by molar-refractivity contribution is 0.193. The third kappa shape index (κ3) is 6.25. The number of aryl methyl sites for hydroxylation is 1. The average Bonchev–Trinajstić information content (AvgIpc) is 2.37. The van der Waals surface area contributed by atoms with Gasteiger partial charge < -0.3 is 15.4 Å². The van der Waals surface area contributed by atoms with Gasteiger partial charge >= 0.3 is 6.03 Å². The van der Waals surface area contributed by atoms with Crippen LogP contribution in [-0.4, -0.2) is 32.8 Å². The Hall–Kier alpha value is -1.55. The number of ether oxygens (including phenoxy) is 1. The first-order valence-electron chi connectivity index (χ1n) is 6.28. The second kappa shape index (κ2) is 8.53. The molecule has 0 spiro atoms. The summed E-state index contributed by atoms with van der Waals surface area (Å²) in [4.78, 5) is 11.4. The van der Waals surface area contributed by atoms with Gasteiger partial charge in [0.1, 0.15) is 0 Å². The molecule has 1 rings (SSSR count). The van der Waals surface area contributed by atoms with E-state index in [1.165, 1.54) is 11.1 Å². The van der Waals surface area contributed by atoms with Crippen molar-refractivity contribution in [3.05, 3.63) is 35.4 Å². The van der Waals surface area contributed by atoms with Gasteiger partial charge in [0.15, 0.2) is 0 Å². The van der Waals surface area contributed by atoms with Crippen LogP contribution in [0, 0.1) is 6.92 Å². The van der Waals surface area contributed by atoms with E-state index in [1.54, 1.807) is 7.11 Å². The zero-order chi connectivity index (χ0) is 13.2. The van der Waals surface area contributed by atoms with Crippen LogP contribution in [0.1, 0.15) is 17.5 Å². The highest BCUT2D eigenvalue weighted by Gasteiger charge is 1.99. The third-order valence-corrected chi connectivity index (χ3v) is 2.63. The van der Waals surface area contributed by atoms with Crippen molar-refractivity contribution in [2.24, 2.45) is 0 Å². The summed E-state index contributed by atoms with van der Waals surface area (Å²) in [5.41, 5.74) is 2.49. The summed E-state index contributed by atoms with van der Waals surface area (Å²) in [6.07, 6.45) is 1.69. The highest BCUT2D eigenvalue weighted by molar-refractivity contribution is 5.73. The molecule has 0 saturated heterocycles. The molecule has 1 aromatic carbocycles. The third-order valence-electron chi connectivity index (χ3n) is 2.63. The van der Waals surface area contributed by atoms with E-state index in [2.05, 4.69) is 41.8 Å². The zero-order valence-corrected chi connectivity index (χ0v) is 11.2. The Labute approximate surface area is 109 Å². The molecule has 0 unspecified atom stereocenters. The van der Waals surface area contributed by atoms with Gasteiger partial charge in [-0.1, -0.05) is 29.8 Å². The fraction of sp³-hybridized carbons (Fsp3) is 0.500. The van der Waals surface area contributed by atoms with Crippen LogP contribution in [-0.2, 0) is 11.2 Å². The Kier molecular flexibility index (Phi) is 6.87. The number of amides is 2. The number of benzene rings is 1. The number of carbonyl (C=O) groups is 1. The molecule has 0 aliphatic rings. The largest absolute Gasteiger partial charge is 0.385 e. The summed E-state index contributed by atoms with van der Waals surface area (Å²) in [5.74, 6) is 0. The molecule has 0 bridgehead atoms. The zero-order valence-electron chi connectivity index (χ0n) is 11.2. The molecule has 18 heavy (non-hydrogen) atoms. The number of urea groups is 1. The van der Waals surface area contributed by atoms with Crippen molar-refractivity contribution in [1.82, 2.24) is 10.6 Å². The molecule has 2 amide bonds. The van der Waals surface area contributed by atoms with Crippen LogP contribution in [0.4, 0.5) is 4.79 Å². The number of hydrogen-bond acceptors (Lipinski definition) is 2. The Balaban J connectivity index is 2.10. The molecule has 0 saturated carbocycles. The first-order valence-corrected chi connectivity index (χ1v) is 6.28. The maximum atomic E-state index is 11.4. The number of methoxy groups -OCH3 is 1. The van der Waals surface area contributed by atoms with Gasteiger partial charge in [0.2, 0.25) is 0 Å². The van der Waals surface area contributed by atoms with Crippen LogP contribution >= 0.6 is 0 Å². The van der Waals surface area contributed by atoms with Crippen LogP contribution in [0.5, 0.6) is 0 Å². The standard InChI is InChI=1S/C14H22N2O2/c1-12-4-6-13(7-5-12)8-10-16-14(17)15-9-3-11-18-2/h4-7H,3,8-11H2,1-2H3,(H2,15,16,17). The maximum Gasteiger partial charge on any atom is 0.314 e. The predicted octanol–water partition coefficient (Wildman–Crippen LogP) is 1.87. The quantitative estimate of drug-likeness (QED) is 0.726. The second-order valence-corrected chi connectivity index (χ2v) is 4.26. The van der Waals surface area contributed by atoms with Crippen LogP contribution in [0.25, 0.3) is 0 Å². The van der Waals surface area contributed by atoms with Crippen molar-refractivity contribution < 1.29 is 9.53 Å². The normalized spacial score (nSPS) is 10.1. The fourth-order valence-corrected chi connectivity index (χ4v) is 1.56. The van der Waals surface area contributed by atoms with Crippen molar-refractivity contribution in [2.75, 3.05) is 26.8 Å². The minimum atomic E-state index is -0.113. The van der Waals surface area contributed by atoms with Crippen molar-refractivity contribution >= 4 is 6.03 Å². The van der Waals surface area contributed by atoms with Gasteiger partial charge in [0.25, 0.3) is 0 Å². The molecule has 4 heteroatoms. The molecule has 0 aliphatic carbocycles. The van der Waals surface area contributed by atoms with Crippen LogP contribution in [0.3, 0.4) is 0 Å². The lowest BCUT2D eigenvalue weighted by atomic mass is 10.1. The summed E-state index contributed by atoms with van der Waals surface area (Å²) in [6, 6.07) is 8.24. The number of hydrogen-bond donors (Lipinski definition) is 2. The van der Waals surface area contributed by atoms with E-state index in [0.717, 1.165) is 12.8 Å². The molecule has 0 aliphatic heterocycles. The molecule has 0 radical (unpaired) electrons. The van der Waals surface area contributed by atoms with Crippen molar-refractivity contribution in [3.8, 4) is 0 Å². The molecule has 0 heterocycles. The summed E-state index contributed by atoms with van der Waals surface area (Å²) >= 11 is 0. The van der Waals surface area contributed by atoms with Gasteiger partial charge in [0.05, 0.1) is 0 Å². The highest BCUT2D eigenvalue weighted by atomic mass is 16.5. The van der Waals surface area contributed by atoms with Gasteiger partial charge in [-0.2, -0.15) is 0 Å². The van der Waals surface area contributed by atoms with Gasteiger partial charge in [-0.25, -0.2) is 4.79 Å². The Morgan fingerprint density at radius 3 is 2.50 bits per heavy atom. The molecule has 0 aromatic heterocycles. The Bertz CT molecular complexity index is 349. The van der Waals surface area contributed by atoms with E-state index in [0.29, 0.717) is 19.7 Å². The molecule has 0 fully saturated rings. The summed E-state index contributed by atoms with van der Waals surface area (Å²) in [5, 5.41) is 5.61. The van der Waals surface area contributed by atoms with Gasteiger partial charge in [-0.05, 0) is 25.3 Å². The van der Waals surface area contributed by atoms with E-state index in [1.807, 2.05) is 0 Å². The minimum absolute atomic E-state index is 0.113. The van der Waals surface area contributed by atoms with Crippen molar-refractivity contribution in [2.45, 2.75) is 19.8 Å². The first kappa shape index (κ1) is 14.5. The van der Waals surface area contributed by atoms with Gasteiger partial charge in [0, 0.05) is 26.8 Å². The Morgan fingerprint density at radius 2 is 1.83 bits per heavy atom. The molecule has 2 N–H and O–H groups in total. The van der Waals surface area contributed by atoms with Crippen LogP contribution in [0.2, 0.25) is 0 Å². The van der Waals surface area contributed by atoms with E-state index < -0.39 is 0 Å². The first-order chi connectivity index (χ1) is 8.72. The van der Waals surface area contributed by atoms with Crippen molar-refractivity contribution in [3.63, 3.8) is 0 Å². The molecule has 0 atom stereocenters. The Morgan fingerprint density at radius 1 is 1.17 bits per heavy atom. The molecule has 4 nitrogen and oxygen atoms in total. The number of nitrogens with one attached hydrogen (secondary N) is 2. The maximum absolute atomic E-state index is 11.4. The predicted molar refractivity (Wildman–Crippen MR) is 72.8 cm³/mol. The van der Waals surface area contributed by atoms with E-state index in [-0.39, 0.29) is 6.03 Å². The SMILES string of the molecule is COCCCNC(=O)NCCc1ccc(C)cc1. The average molecular weight is 250 g/mol. The van der Waals surface area contributed by atoms with Crippen LogP contribution in [0.15, 0.2) is 24.3 Å². The van der Waals surface area contributed by atoms with Gasteiger partial charge in [-0.3, -0.25) is 0 Å². The topological polar surface area (TPSA) is 50.4 Å². The summed E-state index contributed by atoms with van der Waals surface area (Å²) in [7, 11) is 1.65. The summed E-state index contributed by atoms with van der Waals surface area (Å²) < 4.78 is 4.90. The smallest absolute Gasteiger partial charge is 0.314 e. The minimum Gasteiger partial charge on any atom is -0.385 e. The van der Waals surface area contributed by atoms with Crippen LogP contribution < -0.4 is 10.6 Å². The van der Waals surface area contributed by atoms with Gasteiger partial charge in [-0.15, -0.1) is 0 Å². The van der Waals surface area contributed by atoms with E-state index >= 15 is 0 Å². The molecule has 1 aromatic rings. The van der Waals surface area contributed by atoms with Crippen molar-refractivity contribution in [1.29, 1.82) is 0 Å². The lowest BCUT2D eigenvalue weighted by Crippen LogP contribution is -2.37. The lowest BCUT2D eigenvalue weighted by Gasteiger charge is -2.07. The molecular formula is C14H22N2O2. The number of rotatable bonds is 7. The second-order valence-electron chi connectivity index (χ2n) is 4.26. The number of carbonyl (C=O) groups excluding carboxylic acids is 1. The van der Waals surface area contributed by atoms with E-state index in [4.69, 9.17) is 4.74 Å². The van der Waals surface area contributed by atoms with E-state index in [9.17, 15) is 4.79 Å². The monoisotopic (exact) mass is 250 g/mol. The highest BCUT2D eigenvalue weighted by Crippen LogP contribution is 2.02. The summed E-state index contributed by atoms with van der Waals surface area (Å²) in [6.45, 7) is 4.03. The molecule has 100 valence electrons.